The van der Waals surface area contributed by atoms with Crippen molar-refractivity contribution in [2.75, 3.05) is 24.5 Å². The first-order valence-corrected chi connectivity index (χ1v) is 7.26. The van der Waals surface area contributed by atoms with Crippen molar-refractivity contribution >= 4 is 5.95 Å². The van der Waals surface area contributed by atoms with E-state index in [2.05, 4.69) is 35.6 Å². The molecular formula is C15H26N4. The maximum absolute atomic E-state index is 5.53. The highest BCUT2D eigenvalue weighted by molar-refractivity contribution is 5.30. The normalized spacial score (nSPS) is 17.8. The Bertz CT molecular complexity index is 386. The van der Waals surface area contributed by atoms with E-state index >= 15 is 0 Å². The van der Waals surface area contributed by atoms with Gasteiger partial charge in [0.15, 0.2) is 0 Å². The molecule has 0 atom stereocenters. The lowest BCUT2D eigenvalue weighted by Gasteiger charge is -2.38. The average Bonchev–Trinajstić information content (AvgIpc) is 2.39. The molecule has 0 unspecified atom stereocenters. The molecule has 0 spiro atoms. The molecule has 1 saturated heterocycles. The Morgan fingerprint density at radius 2 is 1.79 bits per heavy atom. The van der Waals surface area contributed by atoms with E-state index in [0.717, 1.165) is 36.9 Å². The fraction of sp³-hybridized carbons (Fsp3) is 0.733. The second kappa shape index (κ2) is 5.87. The van der Waals surface area contributed by atoms with E-state index in [1.165, 1.54) is 12.8 Å². The molecule has 2 N–H and O–H groups in total. The number of hydrogen-bond acceptors (Lipinski definition) is 4. The van der Waals surface area contributed by atoms with Crippen LogP contribution in [-0.4, -0.2) is 29.6 Å². The predicted molar refractivity (Wildman–Crippen MR) is 79.2 cm³/mol. The van der Waals surface area contributed by atoms with Crippen molar-refractivity contribution in [3.63, 3.8) is 0 Å². The summed E-state index contributed by atoms with van der Waals surface area (Å²) in [5.74, 6) is 1.67. The first-order chi connectivity index (χ1) is 9.00. The molecule has 2 heterocycles. The van der Waals surface area contributed by atoms with Crippen LogP contribution in [0.3, 0.4) is 0 Å². The molecular weight excluding hydrogens is 236 g/mol. The largest absolute Gasteiger partial charge is 0.341 e. The van der Waals surface area contributed by atoms with Crippen LogP contribution in [0.25, 0.3) is 0 Å². The molecule has 0 amide bonds. The molecule has 0 aliphatic carbocycles. The summed E-state index contributed by atoms with van der Waals surface area (Å²) in [5, 5.41) is 0. The van der Waals surface area contributed by atoms with Crippen LogP contribution in [0.5, 0.6) is 0 Å². The van der Waals surface area contributed by atoms with Gasteiger partial charge in [-0.3, -0.25) is 0 Å². The van der Waals surface area contributed by atoms with Crippen LogP contribution in [0.1, 0.15) is 39.2 Å². The SMILES string of the molecule is CC(C)(C)C1CCN(c2ncc(CCN)cn2)CC1. The average molecular weight is 262 g/mol. The van der Waals surface area contributed by atoms with Crippen LogP contribution in [0, 0.1) is 11.3 Å². The Hall–Kier alpha value is -1.16. The standard InChI is InChI=1S/C15H26N4/c1-15(2,3)13-5-8-19(9-6-13)14-17-10-12(4-7-16)11-18-14/h10-11,13H,4-9,16H2,1-3H3. The summed E-state index contributed by atoms with van der Waals surface area (Å²) in [6.07, 6.45) is 7.14. The minimum absolute atomic E-state index is 0.415. The number of aromatic nitrogens is 2. The summed E-state index contributed by atoms with van der Waals surface area (Å²) in [6.45, 7) is 9.80. The van der Waals surface area contributed by atoms with Crippen LogP contribution >= 0.6 is 0 Å². The van der Waals surface area contributed by atoms with Gasteiger partial charge in [0.05, 0.1) is 0 Å². The molecule has 0 radical (unpaired) electrons. The van der Waals surface area contributed by atoms with Gasteiger partial charge in [0.2, 0.25) is 5.95 Å². The van der Waals surface area contributed by atoms with Crippen LogP contribution in [0.2, 0.25) is 0 Å². The van der Waals surface area contributed by atoms with Crippen molar-refractivity contribution in [3.8, 4) is 0 Å². The Morgan fingerprint density at radius 1 is 1.21 bits per heavy atom. The Balaban J connectivity index is 1.94. The van der Waals surface area contributed by atoms with Crippen LogP contribution in [0.4, 0.5) is 5.95 Å². The van der Waals surface area contributed by atoms with Gasteiger partial charge in [-0.2, -0.15) is 0 Å². The third-order valence-corrected chi connectivity index (χ3v) is 4.13. The fourth-order valence-electron chi connectivity index (χ4n) is 2.75. The molecule has 1 aliphatic rings. The van der Waals surface area contributed by atoms with Gasteiger partial charge in [0.1, 0.15) is 0 Å². The first kappa shape index (κ1) is 14.3. The molecule has 1 aromatic rings. The Morgan fingerprint density at radius 3 is 2.26 bits per heavy atom. The highest BCUT2D eigenvalue weighted by atomic mass is 15.2. The zero-order valence-electron chi connectivity index (χ0n) is 12.4. The number of nitrogens with two attached hydrogens (primary N) is 1. The molecule has 2 rings (SSSR count). The van der Waals surface area contributed by atoms with E-state index < -0.39 is 0 Å². The van der Waals surface area contributed by atoms with E-state index in [9.17, 15) is 0 Å². The lowest BCUT2D eigenvalue weighted by Crippen LogP contribution is -2.38. The van der Waals surface area contributed by atoms with Crippen molar-refractivity contribution in [2.45, 2.75) is 40.0 Å². The highest BCUT2D eigenvalue weighted by Gasteiger charge is 2.29. The molecule has 0 aromatic carbocycles. The molecule has 106 valence electrons. The number of rotatable bonds is 3. The summed E-state index contributed by atoms with van der Waals surface area (Å²) in [4.78, 5) is 11.2. The third-order valence-electron chi connectivity index (χ3n) is 4.13. The number of anilines is 1. The van der Waals surface area contributed by atoms with Gasteiger partial charge in [0, 0.05) is 25.5 Å². The molecule has 1 aromatic heterocycles. The zero-order chi connectivity index (χ0) is 13.9. The second-order valence-electron chi connectivity index (χ2n) is 6.56. The highest BCUT2D eigenvalue weighted by Crippen LogP contribution is 2.34. The van der Waals surface area contributed by atoms with Gasteiger partial charge in [-0.15, -0.1) is 0 Å². The summed E-state index contributed by atoms with van der Waals surface area (Å²) < 4.78 is 0. The van der Waals surface area contributed by atoms with E-state index in [1.54, 1.807) is 0 Å². The monoisotopic (exact) mass is 262 g/mol. The number of hydrogen-bond donors (Lipinski definition) is 1. The zero-order valence-corrected chi connectivity index (χ0v) is 12.4. The minimum Gasteiger partial charge on any atom is -0.341 e. The summed E-state index contributed by atoms with van der Waals surface area (Å²) in [7, 11) is 0. The van der Waals surface area contributed by atoms with Gasteiger partial charge in [0.25, 0.3) is 0 Å². The third kappa shape index (κ3) is 3.66. The van der Waals surface area contributed by atoms with Gasteiger partial charge >= 0.3 is 0 Å². The lowest BCUT2D eigenvalue weighted by molar-refractivity contribution is 0.198. The van der Waals surface area contributed by atoms with Crippen molar-refractivity contribution in [2.24, 2.45) is 17.1 Å². The quantitative estimate of drug-likeness (QED) is 0.907. The van der Waals surface area contributed by atoms with Crippen molar-refractivity contribution in [3.05, 3.63) is 18.0 Å². The maximum atomic E-state index is 5.53. The summed E-state index contributed by atoms with van der Waals surface area (Å²) >= 11 is 0. The smallest absolute Gasteiger partial charge is 0.225 e. The predicted octanol–water partition coefficient (Wildman–Crippen LogP) is 2.24. The minimum atomic E-state index is 0.415. The van der Waals surface area contributed by atoms with Crippen molar-refractivity contribution in [1.82, 2.24) is 9.97 Å². The van der Waals surface area contributed by atoms with E-state index in [0.29, 0.717) is 12.0 Å². The van der Waals surface area contributed by atoms with E-state index in [1.807, 2.05) is 12.4 Å². The topological polar surface area (TPSA) is 55.0 Å². The number of nitrogens with zero attached hydrogens (tertiary/aromatic N) is 3. The van der Waals surface area contributed by atoms with Gasteiger partial charge < -0.3 is 10.6 Å². The fourth-order valence-corrected chi connectivity index (χ4v) is 2.75. The van der Waals surface area contributed by atoms with Crippen molar-refractivity contribution in [1.29, 1.82) is 0 Å². The van der Waals surface area contributed by atoms with Gasteiger partial charge in [-0.25, -0.2) is 9.97 Å². The Kier molecular flexibility index (Phi) is 4.40. The molecule has 0 saturated carbocycles. The lowest BCUT2D eigenvalue weighted by atomic mass is 9.75. The summed E-state index contributed by atoms with van der Waals surface area (Å²) in [5.41, 5.74) is 7.07. The first-order valence-electron chi connectivity index (χ1n) is 7.26. The maximum Gasteiger partial charge on any atom is 0.225 e. The van der Waals surface area contributed by atoms with Crippen LogP contribution in [-0.2, 0) is 6.42 Å². The van der Waals surface area contributed by atoms with E-state index in [-0.39, 0.29) is 0 Å². The molecule has 1 fully saturated rings. The molecule has 4 nitrogen and oxygen atoms in total. The van der Waals surface area contributed by atoms with Crippen LogP contribution in [0.15, 0.2) is 12.4 Å². The van der Waals surface area contributed by atoms with E-state index in [4.69, 9.17) is 5.73 Å². The molecule has 19 heavy (non-hydrogen) atoms. The van der Waals surface area contributed by atoms with Crippen molar-refractivity contribution < 1.29 is 0 Å². The van der Waals surface area contributed by atoms with Gasteiger partial charge in [-0.1, -0.05) is 20.8 Å². The molecule has 4 heteroatoms. The number of piperidine rings is 1. The Labute approximate surface area is 116 Å². The van der Waals surface area contributed by atoms with Crippen LogP contribution < -0.4 is 10.6 Å². The second-order valence-corrected chi connectivity index (χ2v) is 6.56. The molecule has 1 aliphatic heterocycles. The molecule has 0 bridgehead atoms. The van der Waals surface area contributed by atoms with Gasteiger partial charge in [-0.05, 0) is 42.7 Å². The summed E-state index contributed by atoms with van der Waals surface area (Å²) in [6, 6.07) is 0.